The highest BCUT2D eigenvalue weighted by molar-refractivity contribution is 5.94. The van der Waals surface area contributed by atoms with E-state index in [2.05, 4.69) is 15.5 Å². The molecule has 0 saturated heterocycles. The maximum atomic E-state index is 11.6. The first kappa shape index (κ1) is 13.3. The number of aromatic nitrogens is 2. The molecule has 5 nitrogen and oxygen atoms in total. The number of rotatable bonds is 4. The fraction of sp³-hybridized carbons (Fsp3) is 0.357. The number of hydrogen-bond acceptors (Lipinski definition) is 5. The van der Waals surface area contributed by atoms with Crippen LogP contribution in [0.15, 0.2) is 24.3 Å². The van der Waals surface area contributed by atoms with Gasteiger partial charge in [0.1, 0.15) is 6.04 Å². The van der Waals surface area contributed by atoms with Crippen molar-refractivity contribution >= 4 is 22.6 Å². The van der Waals surface area contributed by atoms with Gasteiger partial charge in [0, 0.05) is 10.8 Å². The number of ether oxygens (including phenoxy) is 1. The summed E-state index contributed by atoms with van der Waals surface area (Å²) < 4.78 is 4.96. The lowest BCUT2D eigenvalue weighted by Gasteiger charge is -2.14. The van der Waals surface area contributed by atoms with Gasteiger partial charge in [0.05, 0.1) is 12.3 Å². The molecule has 0 aliphatic heterocycles. The van der Waals surface area contributed by atoms with E-state index in [1.807, 2.05) is 31.2 Å². The summed E-state index contributed by atoms with van der Waals surface area (Å²) in [5, 5.41) is 13.2. The summed E-state index contributed by atoms with van der Waals surface area (Å²) >= 11 is 0. The fourth-order valence-corrected chi connectivity index (χ4v) is 1.88. The molecule has 1 aromatic carbocycles. The summed E-state index contributed by atoms with van der Waals surface area (Å²) in [6.45, 7) is 5.80. The zero-order chi connectivity index (χ0) is 13.8. The van der Waals surface area contributed by atoms with Gasteiger partial charge in [-0.1, -0.05) is 24.3 Å². The van der Waals surface area contributed by atoms with E-state index < -0.39 is 6.04 Å². The highest BCUT2D eigenvalue weighted by Gasteiger charge is 2.16. The SMILES string of the molecule is CCOC(=O)C(C)Nc1nnc(C)c2ccccc12. The first-order valence-electron chi connectivity index (χ1n) is 6.28. The number of hydrogen-bond donors (Lipinski definition) is 1. The van der Waals surface area contributed by atoms with E-state index >= 15 is 0 Å². The Balaban J connectivity index is 2.31. The minimum atomic E-state index is -0.458. The Labute approximate surface area is 112 Å². The van der Waals surface area contributed by atoms with Gasteiger partial charge in [-0.2, -0.15) is 5.10 Å². The highest BCUT2D eigenvalue weighted by Crippen LogP contribution is 2.22. The summed E-state index contributed by atoms with van der Waals surface area (Å²) in [6.07, 6.45) is 0. The quantitative estimate of drug-likeness (QED) is 0.853. The summed E-state index contributed by atoms with van der Waals surface area (Å²) in [7, 11) is 0. The zero-order valence-corrected chi connectivity index (χ0v) is 11.3. The Morgan fingerprint density at radius 2 is 2.00 bits per heavy atom. The number of aryl methyl sites for hydroxylation is 1. The van der Waals surface area contributed by atoms with Crippen LogP contribution in [0.25, 0.3) is 10.8 Å². The molecular formula is C14H17N3O2. The van der Waals surface area contributed by atoms with E-state index in [9.17, 15) is 4.79 Å². The molecule has 100 valence electrons. The molecule has 19 heavy (non-hydrogen) atoms. The molecule has 0 amide bonds. The maximum absolute atomic E-state index is 11.6. The summed E-state index contributed by atoms with van der Waals surface area (Å²) in [6, 6.07) is 7.37. The monoisotopic (exact) mass is 259 g/mol. The van der Waals surface area contributed by atoms with Crippen molar-refractivity contribution in [1.82, 2.24) is 10.2 Å². The van der Waals surface area contributed by atoms with Crippen LogP contribution >= 0.6 is 0 Å². The second kappa shape index (κ2) is 5.65. The van der Waals surface area contributed by atoms with Gasteiger partial charge in [0.15, 0.2) is 5.82 Å². The van der Waals surface area contributed by atoms with Crippen LogP contribution in [0.3, 0.4) is 0 Å². The van der Waals surface area contributed by atoms with Gasteiger partial charge in [-0.15, -0.1) is 5.10 Å². The number of carbonyl (C=O) groups excluding carboxylic acids is 1. The maximum Gasteiger partial charge on any atom is 0.328 e. The van der Waals surface area contributed by atoms with Crippen LogP contribution in [0.2, 0.25) is 0 Å². The van der Waals surface area contributed by atoms with Crippen molar-refractivity contribution < 1.29 is 9.53 Å². The van der Waals surface area contributed by atoms with Crippen molar-refractivity contribution in [3.05, 3.63) is 30.0 Å². The van der Waals surface area contributed by atoms with Crippen LogP contribution in [0.5, 0.6) is 0 Å². The molecule has 0 aliphatic carbocycles. The van der Waals surface area contributed by atoms with Gasteiger partial charge < -0.3 is 10.1 Å². The van der Waals surface area contributed by atoms with Crippen LogP contribution in [0.1, 0.15) is 19.5 Å². The topological polar surface area (TPSA) is 64.1 Å². The first-order valence-corrected chi connectivity index (χ1v) is 6.28. The van der Waals surface area contributed by atoms with Crippen molar-refractivity contribution in [3.63, 3.8) is 0 Å². The molecule has 2 aromatic rings. The third-order valence-corrected chi connectivity index (χ3v) is 2.87. The molecule has 0 radical (unpaired) electrons. The Bertz CT molecular complexity index is 598. The average Bonchev–Trinajstić information content (AvgIpc) is 2.42. The second-order valence-corrected chi connectivity index (χ2v) is 4.30. The number of esters is 1. The molecule has 0 aliphatic rings. The molecule has 1 unspecified atom stereocenters. The van der Waals surface area contributed by atoms with Crippen LogP contribution in [0, 0.1) is 6.92 Å². The first-order chi connectivity index (χ1) is 9.13. The zero-order valence-electron chi connectivity index (χ0n) is 11.3. The van der Waals surface area contributed by atoms with E-state index in [4.69, 9.17) is 4.74 Å². The largest absolute Gasteiger partial charge is 0.464 e. The lowest BCUT2D eigenvalue weighted by molar-refractivity contribution is -0.143. The lowest BCUT2D eigenvalue weighted by atomic mass is 10.1. The molecule has 5 heteroatoms. The average molecular weight is 259 g/mol. The van der Waals surface area contributed by atoms with Crippen molar-refractivity contribution in [3.8, 4) is 0 Å². The van der Waals surface area contributed by atoms with Gasteiger partial charge in [0.2, 0.25) is 0 Å². The smallest absolute Gasteiger partial charge is 0.328 e. The summed E-state index contributed by atoms with van der Waals surface area (Å²) in [5.74, 6) is 0.302. The van der Waals surface area contributed by atoms with E-state index in [0.29, 0.717) is 12.4 Å². The Morgan fingerprint density at radius 1 is 1.32 bits per heavy atom. The molecule has 2 rings (SSSR count). The van der Waals surface area contributed by atoms with Crippen molar-refractivity contribution in [2.45, 2.75) is 26.8 Å². The van der Waals surface area contributed by atoms with Gasteiger partial charge in [0.25, 0.3) is 0 Å². The Kier molecular flexibility index (Phi) is 3.94. The number of anilines is 1. The molecule has 1 aromatic heterocycles. The van der Waals surface area contributed by atoms with E-state index in [1.165, 1.54) is 0 Å². The molecule has 1 N–H and O–H groups in total. The van der Waals surface area contributed by atoms with Crippen LogP contribution in [-0.4, -0.2) is 28.8 Å². The van der Waals surface area contributed by atoms with Crippen molar-refractivity contribution in [1.29, 1.82) is 0 Å². The van der Waals surface area contributed by atoms with Crippen LogP contribution in [-0.2, 0) is 9.53 Å². The van der Waals surface area contributed by atoms with E-state index in [-0.39, 0.29) is 5.97 Å². The normalized spacial score (nSPS) is 12.2. The van der Waals surface area contributed by atoms with Crippen molar-refractivity contribution in [2.75, 3.05) is 11.9 Å². The van der Waals surface area contributed by atoms with Crippen LogP contribution < -0.4 is 5.32 Å². The fourth-order valence-electron chi connectivity index (χ4n) is 1.88. The molecule has 1 heterocycles. The number of nitrogens with one attached hydrogen (secondary N) is 1. The summed E-state index contributed by atoms with van der Waals surface area (Å²) in [5.41, 5.74) is 0.866. The molecule has 0 fully saturated rings. The molecule has 0 saturated carbocycles. The predicted octanol–water partition coefficient (Wildman–Crippen LogP) is 2.30. The molecule has 0 bridgehead atoms. The third-order valence-electron chi connectivity index (χ3n) is 2.87. The minimum absolute atomic E-state index is 0.297. The third kappa shape index (κ3) is 2.81. The second-order valence-electron chi connectivity index (χ2n) is 4.30. The van der Waals surface area contributed by atoms with Gasteiger partial charge >= 0.3 is 5.97 Å². The number of carbonyl (C=O) groups is 1. The Hall–Kier alpha value is -2.17. The van der Waals surface area contributed by atoms with E-state index in [0.717, 1.165) is 16.5 Å². The van der Waals surface area contributed by atoms with E-state index in [1.54, 1.807) is 13.8 Å². The number of benzene rings is 1. The van der Waals surface area contributed by atoms with Gasteiger partial charge in [-0.05, 0) is 20.8 Å². The number of nitrogens with zero attached hydrogens (tertiary/aromatic N) is 2. The van der Waals surface area contributed by atoms with Crippen LogP contribution in [0.4, 0.5) is 5.82 Å². The van der Waals surface area contributed by atoms with Gasteiger partial charge in [-0.25, -0.2) is 4.79 Å². The standard InChI is InChI=1S/C14H17N3O2/c1-4-19-14(18)10(3)15-13-12-8-6-5-7-11(12)9(2)16-17-13/h5-8,10H,4H2,1-3H3,(H,15,17). The Morgan fingerprint density at radius 3 is 2.68 bits per heavy atom. The molecule has 0 spiro atoms. The minimum Gasteiger partial charge on any atom is -0.464 e. The summed E-state index contributed by atoms with van der Waals surface area (Å²) in [4.78, 5) is 11.6. The number of fused-ring (bicyclic) bond motifs is 1. The lowest BCUT2D eigenvalue weighted by Crippen LogP contribution is -2.28. The van der Waals surface area contributed by atoms with Crippen molar-refractivity contribution in [2.24, 2.45) is 0 Å². The molecular weight excluding hydrogens is 242 g/mol. The highest BCUT2D eigenvalue weighted by atomic mass is 16.5. The predicted molar refractivity (Wildman–Crippen MR) is 74.0 cm³/mol. The molecule has 1 atom stereocenters. The van der Waals surface area contributed by atoms with Gasteiger partial charge in [-0.3, -0.25) is 0 Å².